The summed E-state index contributed by atoms with van der Waals surface area (Å²) in [5.41, 5.74) is -1.35. The first-order valence-corrected chi connectivity index (χ1v) is 6.06. The van der Waals surface area contributed by atoms with Crippen molar-refractivity contribution in [3.05, 3.63) is 58.1 Å². The van der Waals surface area contributed by atoms with Crippen LogP contribution in [0.1, 0.15) is 10.4 Å². The molecule has 0 heterocycles. The minimum absolute atomic E-state index is 0.236. The van der Waals surface area contributed by atoms with E-state index < -0.39 is 28.7 Å². The second-order valence-corrected chi connectivity index (χ2v) is 4.34. The van der Waals surface area contributed by atoms with Crippen molar-refractivity contribution in [2.75, 3.05) is 0 Å². The number of para-hydroxylation sites is 1. The van der Waals surface area contributed by atoms with Crippen LogP contribution < -0.4 is 4.74 Å². The molecule has 0 radical (unpaired) electrons. The smallest absolute Gasteiger partial charge is 0.478 e. The highest BCUT2D eigenvalue weighted by molar-refractivity contribution is 5.91. The summed E-state index contributed by atoms with van der Waals surface area (Å²) in [4.78, 5) is 21.3. The van der Waals surface area contributed by atoms with Gasteiger partial charge in [-0.25, -0.2) is 4.79 Å². The maximum absolute atomic E-state index is 12.5. The number of alkyl halides is 3. The molecule has 2 aromatic rings. The molecule has 0 bridgehead atoms. The fourth-order valence-corrected chi connectivity index (χ4v) is 1.95. The van der Waals surface area contributed by atoms with E-state index in [4.69, 9.17) is 5.11 Å². The Bertz CT molecular complexity index is 773. The van der Waals surface area contributed by atoms with Crippen LogP contribution in [0, 0.1) is 10.1 Å². The van der Waals surface area contributed by atoms with Crippen molar-refractivity contribution in [1.29, 1.82) is 0 Å². The lowest BCUT2D eigenvalue weighted by Crippen LogP contribution is -2.17. The molecule has 0 fully saturated rings. The molecule has 0 saturated carbocycles. The zero-order chi connectivity index (χ0) is 17.2. The van der Waals surface area contributed by atoms with Crippen LogP contribution in [0.4, 0.5) is 18.9 Å². The average Bonchev–Trinajstić information content (AvgIpc) is 2.45. The molecule has 0 saturated heterocycles. The second-order valence-electron chi connectivity index (χ2n) is 4.34. The predicted octanol–water partition coefficient (Wildman–Crippen LogP) is 3.86. The summed E-state index contributed by atoms with van der Waals surface area (Å²) in [6.07, 6.45) is -4.99. The summed E-state index contributed by atoms with van der Waals surface area (Å²) in [6.45, 7) is 0. The van der Waals surface area contributed by atoms with E-state index in [1.165, 1.54) is 18.2 Å². The topological polar surface area (TPSA) is 89.7 Å². The molecule has 0 atom stereocenters. The first-order chi connectivity index (χ1) is 10.7. The van der Waals surface area contributed by atoms with Gasteiger partial charge in [-0.1, -0.05) is 18.2 Å². The lowest BCUT2D eigenvalue weighted by atomic mass is 10.00. The minimum atomic E-state index is -4.99. The van der Waals surface area contributed by atoms with Gasteiger partial charge in [-0.05, 0) is 18.2 Å². The van der Waals surface area contributed by atoms with E-state index in [2.05, 4.69) is 4.74 Å². The van der Waals surface area contributed by atoms with Gasteiger partial charge in [-0.3, -0.25) is 10.1 Å². The van der Waals surface area contributed by atoms with Crippen LogP contribution in [-0.4, -0.2) is 22.4 Å². The number of carboxylic acids is 1. The van der Waals surface area contributed by atoms with Crippen LogP contribution in [0.2, 0.25) is 0 Å². The van der Waals surface area contributed by atoms with Gasteiger partial charge in [0.25, 0.3) is 5.69 Å². The molecule has 2 aromatic carbocycles. The van der Waals surface area contributed by atoms with Crippen molar-refractivity contribution >= 4 is 11.7 Å². The minimum Gasteiger partial charge on any atom is -0.478 e. The molecule has 0 aliphatic carbocycles. The average molecular weight is 327 g/mol. The Labute approximate surface area is 126 Å². The Hall–Kier alpha value is -3.10. The van der Waals surface area contributed by atoms with Crippen molar-refractivity contribution in [3.8, 4) is 16.9 Å². The van der Waals surface area contributed by atoms with Crippen LogP contribution in [0.15, 0.2) is 42.5 Å². The standard InChI is InChI=1S/C14H8F3NO5/c15-14(16,17)23-12-4-2-1-3-9(12)10-7-8(13(19)20)5-6-11(10)18(21)22/h1-7H,(H,19,20). The van der Waals surface area contributed by atoms with E-state index in [0.29, 0.717) is 0 Å². The summed E-state index contributed by atoms with van der Waals surface area (Å²) < 4.78 is 41.2. The lowest BCUT2D eigenvalue weighted by Gasteiger charge is -2.13. The number of nitrogens with zero attached hydrogens (tertiary/aromatic N) is 1. The molecule has 23 heavy (non-hydrogen) atoms. The maximum Gasteiger partial charge on any atom is 0.573 e. The van der Waals surface area contributed by atoms with Crippen LogP contribution in [0.3, 0.4) is 0 Å². The maximum atomic E-state index is 12.5. The van der Waals surface area contributed by atoms with Crippen LogP contribution in [0.5, 0.6) is 5.75 Å². The fourth-order valence-electron chi connectivity index (χ4n) is 1.95. The zero-order valence-electron chi connectivity index (χ0n) is 11.2. The largest absolute Gasteiger partial charge is 0.573 e. The number of halogens is 3. The molecule has 6 nitrogen and oxygen atoms in total. The van der Waals surface area contributed by atoms with E-state index in [9.17, 15) is 28.1 Å². The van der Waals surface area contributed by atoms with Gasteiger partial charge < -0.3 is 9.84 Å². The van der Waals surface area contributed by atoms with Crippen molar-refractivity contribution in [3.63, 3.8) is 0 Å². The molecule has 0 unspecified atom stereocenters. The van der Waals surface area contributed by atoms with Gasteiger partial charge in [-0.2, -0.15) is 0 Å². The summed E-state index contributed by atoms with van der Waals surface area (Å²) in [6, 6.07) is 7.63. The number of hydrogen-bond acceptors (Lipinski definition) is 4. The molecule has 0 aliphatic rings. The van der Waals surface area contributed by atoms with Gasteiger partial charge in [0, 0.05) is 11.6 Å². The molecule has 9 heteroatoms. The number of aromatic carboxylic acids is 1. The summed E-state index contributed by atoms with van der Waals surface area (Å²) in [5, 5.41) is 20.0. The van der Waals surface area contributed by atoms with Gasteiger partial charge in [0.05, 0.1) is 16.1 Å². The third-order valence-electron chi connectivity index (χ3n) is 2.84. The third-order valence-corrected chi connectivity index (χ3v) is 2.84. The second kappa shape index (κ2) is 5.95. The van der Waals surface area contributed by atoms with Crippen molar-refractivity contribution in [1.82, 2.24) is 0 Å². The molecular weight excluding hydrogens is 319 g/mol. The third kappa shape index (κ3) is 3.76. The molecule has 2 rings (SSSR count). The quantitative estimate of drug-likeness (QED) is 0.680. The van der Waals surface area contributed by atoms with Crippen molar-refractivity contribution in [2.24, 2.45) is 0 Å². The van der Waals surface area contributed by atoms with Crippen LogP contribution in [-0.2, 0) is 0 Å². The van der Waals surface area contributed by atoms with Gasteiger partial charge in [0.15, 0.2) is 0 Å². The number of hydrogen-bond donors (Lipinski definition) is 1. The lowest BCUT2D eigenvalue weighted by molar-refractivity contribution is -0.384. The SMILES string of the molecule is O=C(O)c1ccc([N+](=O)[O-])c(-c2ccccc2OC(F)(F)F)c1. The van der Waals surface area contributed by atoms with Crippen LogP contribution >= 0.6 is 0 Å². The van der Waals surface area contributed by atoms with Gasteiger partial charge >= 0.3 is 12.3 Å². The first-order valence-electron chi connectivity index (χ1n) is 6.06. The number of benzene rings is 2. The van der Waals surface area contributed by atoms with Crippen molar-refractivity contribution < 1.29 is 32.7 Å². The van der Waals surface area contributed by atoms with Gasteiger partial charge in [-0.15, -0.1) is 13.2 Å². The number of carboxylic acid groups (broad SMARTS) is 1. The molecular formula is C14H8F3NO5. The van der Waals surface area contributed by atoms with Gasteiger partial charge in [0.1, 0.15) is 5.75 Å². The Balaban J connectivity index is 2.68. The van der Waals surface area contributed by atoms with E-state index in [0.717, 1.165) is 24.3 Å². The summed E-state index contributed by atoms with van der Waals surface area (Å²) in [7, 11) is 0. The number of rotatable bonds is 4. The molecule has 0 spiro atoms. The number of carbonyl (C=O) groups is 1. The highest BCUT2D eigenvalue weighted by Gasteiger charge is 2.33. The Morgan fingerprint density at radius 1 is 1.13 bits per heavy atom. The number of ether oxygens (including phenoxy) is 1. The highest BCUT2D eigenvalue weighted by atomic mass is 19.4. The first kappa shape index (κ1) is 16.3. The normalized spacial score (nSPS) is 11.1. The number of nitro groups is 1. The summed E-state index contributed by atoms with van der Waals surface area (Å²) >= 11 is 0. The molecule has 0 aliphatic heterocycles. The number of nitro benzene ring substituents is 1. The molecule has 0 amide bonds. The summed E-state index contributed by atoms with van der Waals surface area (Å²) in [5.74, 6) is -2.03. The Morgan fingerprint density at radius 3 is 2.35 bits per heavy atom. The van der Waals surface area contributed by atoms with Crippen LogP contribution in [0.25, 0.3) is 11.1 Å². The zero-order valence-corrected chi connectivity index (χ0v) is 11.2. The highest BCUT2D eigenvalue weighted by Crippen LogP contribution is 2.38. The molecule has 1 N–H and O–H groups in total. The fraction of sp³-hybridized carbons (Fsp3) is 0.0714. The van der Waals surface area contributed by atoms with Gasteiger partial charge in [0.2, 0.25) is 0 Å². The van der Waals surface area contributed by atoms with E-state index in [1.807, 2.05) is 0 Å². The molecule has 120 valence electrons. The van der Waals surface area contributed by atoms with E-state index in [-0.39, 0.29) is 16.7 Å². The Morgan fingerprint density at radius 2 is 1.78 bits per heavy atom. The predicted molar refractivity (Wildman–Crippen MR) is 72.2 cm³/mol. The monoisotopic (exact) mass is 327 g/mol. The van der Waals surface area contributed by atoms with Crippen molar-refractivity contribution in [2.45, 2.75) is 6.36 Å². The van der Waals surface area contributed by atoms with E-state index >= 15 is 0 Å². The van der Waals surface area contributed by atoms with E-state index in [1.54, 1.807) is 0 Å². The molecule has 0 aromatic heterocycles. The Kier molecular flexibility index (Phi) is 4.21.